The van der Waals surface area contributed by atoms with Crippen LogP contribution in [0.25, 0.3) is 0 Å². The Balaban J connectivity index is 1.47. The van der Waals surface area contributed by atoms with E-state index in [0.717, 1.165) is 39.3 Å². The van der Waals surface area contributed by atoms with Crippen LogP contribution >= 0.6 is 0 Å². The summed E-state index contributed by atoms with van der Waals surface area (Å²) in [4.78, 5) is 9.15. The molecule has 0 spiro atoms. The molecule has 3 nitrogen and oxygen atoms in total. The molecular formula is C18H23N3. The molecule has 0 unspecified atom stereocenters. The first kappa shape index (κ1) is 14.2. The Morgan fingerprint density at radius 2 is 1.24 bits per heavy atom. The van der Waals surface area contributed by atoms with Gasteiger partial charge < -0.3 is 0 Å². The highest BCUT2D eigenvalue weighted by Crippen LogP contribution is 2.11. The van der Waals surface area contributed by atoms with Crippen LogP contribution in [0.5, 0.6) is 0 Å². The maximum atomic E-state index is 4.08. The van der Waals surface area contributed by atoms with Gasteiger partial charge in [0.05, 0.1) is 0 Å². The van der Waals surface area contributed by atoms with E-state index in [1.165, 1.54) is 16.7 Å². The van der Waals surface area contributed by atoms with Crippen molar-refractivity contribution in [2.75, 3.05) is 26.2 Å². The fourth-order valence-electron chi connectivity index (χ4n) is 2.80. The van der Waals surface area contributed by atoms with Crippen LogP contribution in [0.15, 0.2) is 48.8 Å². The van der Waals surface area contributed by atoms with Crippen LogP contribution in [-0.4, -0.2) is 41.0 Å². The number of aryl methyl sites for hydroxylation is 1. The second kappa shape index (κ2) is 6.83. The average molecular weight is 281 g/mol. The predicted octanol–water partition coefficient (Wildman–Crippen LogP) is 2.71. The lowest BCUT2D eigenvalue weighted by atomic mass is 10.1. The number of hydrogen-bond donors (Lipinski definition) is 0. The van der Waals surface area contributed by atoms with Crippen molar-refractivity contribution < 1.29 is 0 Å². The Hall–Kier alpha value is -1.71. The van der Waals surface area contributed by atoms with Crippen LogP contribution in [-0.2, 0) is 13.1 Å². The minimum Gasteiger partial charge on any atom is -0.297 e. The van der Waals surface area contributed by atoms with E-state index in [4.69, 9.17) is 0 Å². The molecular weight excluding hydrogens is 258 g/mol. The third-order valence-corrected chi connectivity index (χ3v) is 4.15. The van der Waals surface area contributed by atoms with E-state index in [0.29, 0.717) is 0 Å². The molecule has 0 radical (unpaired) electrons. The molecule has 1 aromatic carbocycles. The second-order valence-corrected chi connectivity index (χ2v) is 5.89. The summed E-state index contributed by atoms with van der Waals surface area (Å²) in [5, 5.41) is 0. The van der Waals surface area contributed by atoms with Crippen molar-refractivity contribution in [3.05, 3.63) is 65.5 Å². The van der Waals surface area contributed by atoms with Crippen molar-refractivity contribution in [2.24, 2.45) is 0 Å². The molecule has 0 bridgehead atoms. The molecule has 1 aromatic heterocycles. The molecule has 0 amide bonds. The minimum absolute atomic E-state index is 1.04. The summed E-state index contributed by atoms with van der Waals surface area (Å²) in [5.74, 6) is 0. The summed E-state index contributed by atoms with van der Waals surface area (Å²) in [6.45, 7) is 8.85. The van der Waals surface area contributed by atoms with Gasteiger partial charge >= 0.3 is 0 Å². The van der Waals surface area contributed by atoms with Gasteiger partial charge in [0.25, 0.3) is 0 Å². The molecule has 1 aliphatic rings. The average Bonchev–Trinajstić information content (AvgIpc) is 2.53. The normalized spacial score (nSPS) is 17.0. The minimum atomic E-state index is 1.04. The standard InChI is InChI=1S/C18H23N3/c1-16-2-4-17(5-3-16)14-20-10-12-21(13-11-20)15-18-6-8-19-9-7-18/h2-9H,10-15H2,1H3. The monoisotopic (exact) mass is 281 g/mol. The largest absolute Gasteiger partial charge is 0.297 e. The molecule has 0 aliphatic carbocycles. The van der Waals surface area contributed by atoms with Crippen LogP contribution in [0.2, 0.25) is 0 Å². The van der Waals surface area contributed by atoms with E-state index >= 15 is 0 Å². The molecule has 3 rings (SSSR count). The second-order valence-electron chi connectivity index (χ2n) is 5.89. The predicted molar refractivity (Wildman–Crippen MR) is 86.0 cm³/mol. The highest BCUT2D eigenvalue weighted by atomic mass is 15.3. The number of benzene rings is 1. The van der Waals surface area contributed by atoms with Crippen molar-refractivity contribution in [1.29, 1.82) is 0 Å². The van der Waals surface area contributed by atoms with Gasteiger partial charge in [-0.3, -0.25) is 14.8 Å². The van der Waals surface area contributed by atoms with Crippen LogP contribution in [0.4, 0.5) is 0 Å². The fourth-order valence-corrected chi connectivity index (χ4v) is 2.80. The maximum absolute atomic E-state index is 4.08. The van der Waals surface area contributed by atoms with E-state index in [-0.39, 0.29) is 0 Å². The number of hydrogen-bond acceptors (Lipinski definition) is 3. The van der Waals surface area contributed by atoms with Crippen LogP contribution in [0.3, 0.4) is 0 Å². The number of aromatic nitrogens is 1. The highest BCUT2D eigenvalue weighted by molar-refractivity contribution is 5.21. The van der Waals surface area contributed by atoms with Crippen molar-refractivity contribution in [2.45, 2.75) is 20.0 Å². The quantitative estimate of drug-likeness (QED) is 0.859. The lowest BCUT2D eigenvalue weighted by Gasteiger charge is -2.34. The summed E-state index contributed by atoms with van der Waals surface area (Å²) in [6, 6.07) is 13.1. The number of nitrogens with zero attached hydrogens (tertiary/aromatic N) is 3. The number of rotatable bonds is 4. The first-order valence-corrected chi connectivity index (χ1v) is 7.69. The van der Waals surface area contributed by atoms with Gasteiger partial charge in [0.2, 0.25) is 0 Å². The summed E-state index contributed by atoms with van der Waals surface area (Å²) >= 11 is 0. The zero-order valence-corrected chi connectivity index (χ0v) is 12.7. The summed E-state index contributed by atoms with van der Waals surface area (Å²) < 4.78 is 0. The third kappa shape index (κ3) is 4.13. The Kier molecular flexibility index (Phi) is 4.63. The molecule has 1 aliphatic heterocycles. The molecule has 0 atom stereocenters. The molecule has 2 heterocycles. The summed E-state index contributed by atoms with van der Waals surface area (Å²) in [7, 11) is 0. The molecule has 110 valence electrons. The molecule has 1 fully saturated rings. The lowest BCUT2D eigenvalue weighted by Crippen LogP contribution is -2.45. The summed E-state index contributed by atoms with van der Waals surface area (Å²) in [5.41, 5.74) is 4.11. The van der Waals surface area contributed by atoms with Gasteiger partial charge in [0.1, 0.15) is 0 Å². The van der Waals surface area contributed by atoms with E-state index in [1.807, 2.05) is 12.4 Å². The molecule has 0 N–H and O–H groups in total. The smallest absolute Gasteiger partial charge is 0.0271 e. The van der Waals surface area contributed by atoms with Gasteiger partial charge in [-0.1, -0.05) is 29.8 Å². The van der Waals surface area contributed by atoms with Gasteiger partial charge in [0, 0.05) is 51.7 Å². The Morgan fingerprint density at radius 1 is 0.762 bits per heavy atom. The van der Waals surface area contributed by atoms with Crippen molar-refractivity contribution in [3.63, 3.8) is 0 Å². The fraction of sp³-hybridized carbons (Fsp3) is 0.389. The number of pyridine rings is 1. The first-order chi connectivity index (χ1) is 10.3. The van der Waals surface area contributed by atoms with Crippen LogP contribution in [0, 0.1) is 6.92 Å². The summed E-state index contributed by atoms with van der Waals surface area (Å²) in [6.07, 6.45) is 3.76. The zero-order chi connectivity index (χ0) is 14.5. The van der Waals surface area contributed by atoms with Crippen molar-refractivity contribution in [3.8, 4) is 0 Å². The van der Waals surface area contributed by atoms with Gasteiger partial charge in [-0.25, -0.2) is 0 Å². The van der Waals surface area contributed by atoms with E-state index in [9.17, 15) is 0 Å². The zero-order valence-electron chi connectivity index (χ0n) is 12.7. The van der Waals surface area contributed by atoms with E-state index in [2.05, 4.69) is 58.1 Å². The Bertz CT molecular complexity index is 542. The van der Waals surface area contributed by atoms with E-state index in [1.54, 1.807) is 0 Å². The molecule has 3 heteroatoms. The lowest BCUT2D eigenvalue weighted by molar-refractivity contribution is 0.122. The van der Waals surface area contributed by atoms with Crippen molar-refractivity contribution in [1.82, 2.24) is 14.8 Å². The van der Waals surface area contributed by atoms with Crippen molar-refractivity contribution >= 4 is 0 Å². The number of piperazine rings is 1. The third-order valence-electron chi connectivity index (χ3n) is 4.15. The SMILES string of the molecule is Cc1ccc(CN2CCN(Cc3ccncc3)CC2)cc1. The topological polar surface area (TPSA) is 19.4 Å². The molecule has 21 heavy (non-hydrogen) atoms. The molecule has 0 saturated carbocycles. The van der Waals surface area contributed by atoms with E-state index < -0.39 is 0 Å². The molecule has 1 saturated heterocycles. The first-order valence-electron chi connectivity index (χ1n) is 7.69. The van der Waals surface area contributed by atoms with Gasteiger partial charge in [0.15, 0.2) is 0 Å². The van der Waals surface area contributed by atoms with Gasteiger partial charge in [-0.15, -0.1) is 0 Å². The Morgan fingerprint density at radius 3 is 1.76 bits per heavy atom. The Labute approximate surface area is 127 Å². The maximum Gasteiger partial charge on any atom is 0.0271 e. The van der Waals surface area contributed by atoms with Gasteiger partial charge in [-0.2, -0.15) is 0 Å². The highest BCUT2D eigenvalue weighted by Gasteiger charge is 2.16. The van der Waals surface area contributed by atoms with Gasteiger partial charge in [-0.05, 0) is 30.2 Å². The van der Waals surface area contributed by atoms with Crippen LogP contribution in [0.1, 0.15) is 16.7 Å². The van der Waals surface area contributed by atoms with Crippen LogP contribution < -0.4 is 0 Å². The molecule has 2 aromatic rings.